The number of rotatable bonds is 56. The Morgan fingerprint density at radius 2 is 0.721 bits per heavy atom. The number of ether oxygens (including phenoxy) is 1. The standard InChI is InChI=1S/C62H117NO5/c1-3-5-7-9-11-13-15-17-19-20-21-22-23-24-25-27-30-34-38-42-46-50-54-60(65)59(58-64)63-61(66)55-51-47-43-39-35-31-28-26-29-33-37-41-45-49-53-57-68-62(67)56-52-48-44-40-36-32-18-16-14-12-10-8-6-4-2/h26,29,33,37,50,54,59-60,64-65H,3-25,27-28,30-32,34-36,38-49,51-53,55-58H2,1-2H3,(H,63,66)/b29-26-,37-33-,54-50+. The van der Waals surface area contributed by atoms with Crippen molar-refractivity contribution < 1.29 is 24.5 Å². The van der Waals surface area contributed by atoms with Crippen LogP contribution in [0.2, 0.25) is 0 Å². The molecule has 0 rings (SSSR count). The van der Waals surface area contributed by atoms with E-state index in [1.807, 2.05) is 6.08 Å². The molecule has 400 valence electrons. The Labute approximate surface area is 424 Å². The van der Waals surface area contributed by atoms with Crippen LogP contribution in [0, 0.1) is 0 Å². The summed E-state index contributed by atoms with van der Waals surface area (Å²) in [6, 6.07) is -0.645. The molecule has 2 atom stereocenters. The van der Waals surface area contributed by atoms with Gasteiger partial charge < -0.3 is 20.3 Å². The van der Waals surface area contributed by atoms with Gasteiger partial charge in [0, 0.05) is 12.8 Å². The highest BCUT2D eigenvalue weighted by atomic mass is 16.5. The lowest BCUT2D eigenvalue weighted by Crippen LogP contribution is -2.45. The smallest absolute Gasteiger partial charge is 0.305 e. The highest BCUT2D eigenvalue weighted by Gasteiger charge is 2.18. The number of carbonyl (C=O) groups is 2. The zero-order valence-corrected chi connectivity index (χ0v) is 45.6. The van der Waals surface area contributed by atoms with Gasteiger partial charge >= 0.3 is 5.97 Å². The van der Waals surface area contributed by atoms with Crippen molar-refractivity contribution in [1.29, 1.82) is 0 Å². The van der Waals surface area contributed by atoms with Gasteiger partial charge in [-0.25, -0.2) is 0 Å². The van der Waals surface area contributed by atoms with Crippen molar-refractivity contribution in [2.45, 2.75) is 334 Å². The number of nitrogens with one attached hydrogen (secondary N) is 1. The maximum absolute atomic E-state index is 12.5. The molecule has 0 spiro atoms. The lowest BCUT2D eigenvalue weighted by Gasteiger charge is -2.20. The van der Waals surface area contributed by atoms with Crippen molar-refractivity contribution in [2.75, 3.05) is 13.2 Å². The van der Waals surface area contributed by atoms with Crippen LogP contribution in [0.5, 0.6) is 0 Å². The molecule has 0 aromatic heterocycles. The molecule has 0 saturated carbocycles. The van der Waals surface area contributed by atoms with Crippen molar-refractivity contribution in [2.24, 2.45) is 0 Å². The van der Waals surface area contributed by atoms with Crippen molar-refractivity contribution >= 4 is 11.9 Å². The fourth-order valence-corrected chi connectivity index (χ4v) is 9.27. The molecule has 0 heterocycles. The summed E-state index contributed by atoms with van der Waals surface area (Å²) < 4.78 is 5.45. The zero-order chi connectivity index (χ0) is 49.3. The van der Waals surface area contributed by atoms with E-state index >= 15 is 0 Å². The third kappa shape index (κ3) is 53.4. The summed E-state index contributed by atoms with van der Waals surface area (Å²) in [5.74, 6) is -0.108. The second-order valence-electron chi connectivity index (χ2n) is 20.7. The average Bonchev–Trinajstić information content (AvgIpc) is 3.34. The molecule has 0 aliphatic carbocycles. The van der Waals surface area contributed by atoms with Crippen LogP contribution in [-0.4, -0.2) is 47.4 Å². The van der Waals surface area contributed by atoms with Crippen LogP contribution >= 0.6 is 0 Å². The molecule has 6 heteroatoms. The predicted octanol–water partition coefficient (Wildman–Crippen LogP) is 18.8. The van der Waals surface area contributed by atoms with Gasteiger partial charge in [0.2, 0.25) is 5.91 Å². The first kappa shape index (κ1) is 66.1. The highest BCUT2D eigenvalue weighted by Crippen LogP contribution is 2.17. The number of allylic oxidation sites excluding steroid dienone is 5. The summed E-state index contributed by atoms with van der Waals surface area (Å²) in [5.41, 5.74) is 0. The number of esters is 1. The van der Waals surface area contributed by atoms with Crippen LogP contribution in [0.4, 0.5) is 0 Å². The summed E-state index contributed by atoms with van der Waals surface area (Å²) in [5, 5.41) is 23.2. The van der Waals surface area contributed by atoms with E-state index in [1.165, 1.54) is 218 Å². The molecule has 3 N–H and O–H groups in total. The van der Waals surface area contributed by atoms with E-state index in [-0.39, 0.29) is 18.5 Å². The average molecular weight is 957 g/mol. The van der Waals surface area contributed by atoms with Crippen LogP contribution in [0.15, 0.2) is 36.5 Å². The van der Waals surface area contributed by atoms with Crippen molar-refractivity contribution in [3.05, 3.63) is 36.5 Å². The minimum Gasteiger partial charge on any atom is -0.466 e. The second-order valence-corrected chi connectivity index (χ2v) is 20.7. The van der Waals surface area contributed by atoms with Gasteiger partial charge in [0.05, 0.1) is 25.4 Å². The Bertz CT molecular complexity index is 1100. The van der Waals surface area contributed by atoms with Crippen molar-refractivity contribution in [1.82, 2.24) is 5.32 Å². The Kier molecular flexibility index (Phi) is 56.0. The third-order valence-electron chi connectivity index (χ3n) is 13.9. The van der Waals surface area contributed by atoms with E-state index in [9.17, 15) is 19.8 Å². The molecule has 0 fully saturated rings. The molecule has 0 aromatic carbocycles. The maximum Gasteiger partial charge on any atom is 0.305 e. The quantitative estimate of drug-likeness (QED) is 0.0244. The molecule has 68 heavy (non-hydrogen) atoms. The fraction of sp³-hybridized carbons (Fsp3) is 0.871. The lowest BCUT2D eigenvalue weighted by molar-refractivity contribution is -0.143. The molecule has 6 nitrogen and oxygen atoms in total. The minimum atomic E-state index is -0.860. The largest absolute Gasteiger partial charge is 0.466 e. The first-order chi connectivity index (χ1) is 33.5. The van der Waals surface area contributed by atoms with Gasteiger partial charge in [0.25, 0.3) is 0 Å². The summed E-state index contributed by atoms with van der Waals surface area (Å²) in [4.78, 5) is 24.5. The molecule has 0 radical (unpaired) electrons. The van der Waals surface area contributed by atoms with Crippen molar-refractivity contribution in [3.8, 4) is 0 Å². The van der Waals surface area contributed by atoms with Gasteiger partial charge in [-0.15, -0.1) is 0 Å². The van der Waals surface area contributed by atoms with Gasteiger partial charge in [0.1, 0.15) is 0 Å². The van der Waals surface area contributed by atoms with Crippen LogP contribution < -0.4 is 5.32 Å². The summed E-state index contributed by atoms with van der Waals surface area (Å²) in [6.07, 6.45) is 71.7. The maximum atomic E-state index is 12.5. The van der Waals surface area contributed by atoms with Gasteiger partial charge in [0.15, 0.2) is 0 Å². The number of aliphatic hydroxyl groups is 2. The molecule has 0 bridgehead atoms. The normalized spacial score (nSPS) is 12.8. The zero-order valence-electron chi connectivity index (χ0n) is 45.6. The Hall–Kier alpha value is -1.92. The molecule has 2 unspecified atom stereocenters. The van der Waals surface area contributed by atoms with E-state index in [2.05, 4.69) is 43.5 Å². The molecule has 0 aromatic rings. The van der Waals surface area contributed by atoms with Gasteiger partial charge in [-0.3, -0.25) is 9.59 Å². The molecule has 0 aliphatic rings. The number of aliphatic hydroxyl groups excluding tert-OH is 2. The molecule has 1 amide bonds. The van der Waals surface area contributed by atoms with Gasteiger partial charge in [-0.05, 0) is 64.2 Å². The summed E-state index contributed by atoms with van der Waals surface area (Å²) in [7, 11) is 0. The number of hydrogen-bond donors (Lipinski definition) is 3. The lowest BCUT2D eigenvalue weighted by atomic mass is 10.0. The summed E-state index contributed by atoms with van der Waals surface area (Å²) >= 11 is 0. The monoisotopic (exact) mass is 956 g/mol. The van der Waals surface area contributed by atoms with Gasteiger partial charge in [-0.1, -0.05) is 281 Å². The van der Waals surface area contributed by atoms with Crippen LogP contribution in [0.3, 0.4) is 0 Å². The first-order valence-corrected chi connectivity index (χ1v) is 30.3. The van der Waals surface area contributed by atoms with E-state index < -0.39 is 12.1 Å². The summed E-state index contributed by atoms with van der Waals surface area (Å²) in [6.45, 7) is 4.87. The number of unbranched alkanes of at least 4 members (excludes halogenated alkanes) is 42. The SMILES string of the molecule is CCCCCCCCCCCCCCCCCCCCCC/C=C/C(O)C(CO)NC(=O)CCCCCCCC/C=C\C=C/CCCCCOC(=O)CCCCCCCCCCCCCCCC. The molecular weight excluding hydrogens is 839 g/mol. The third-order valence-corrected chi connectivity index (χ3v) is 13.9. The van der Waals surface area contributed by atoms with Crippen molar-refractivity contribution in [3.63, 3.8) is 0 Å². The number of carbonyl (C=O) groups excluding carboxylic acids is 2. The predicted molar refractivity (Wildman–Crippen MR) is 296 cm³/mol. The topological polar surface area (TPSA) is 95.9 Å². The van der Waals surface area contributed by atoms with Gasteiger partial charge in [-0.2, -0.15) is 0 Å². The number of hydrogen-bond acceptors (Lipinski definition) is 5. The molecule has 0 saturated heterocycles. The Morgan fingerprint density at radius 1 is 0.412 bits per heavy atom. The number of amides is 1. The van der Waals surface area contributed by atoms with E-state index in [0.717, 1.165) is 77.0 Å². The first-order valence-electron chi connectivity index (χ1n) is 30.3. The molecular formula is C62H117NO5. The van der Waals surface area contributed by atoms with Crippen LogP contribution in [0.1, 0.15) is 322 Å². The van der Waals surface area contributed by atoms with Crippen LogP contribution in [0.25, 0.3) is 0 Å². The fourth-order valence-electron chi connectivity index (χ4n) is 9.27. The Balaban J connectivity index is 3.54. The van der Waals surface area contributed by atoms with E-state index in [4.69, 9.17) is 4.74 Å². The molecule has 0 aliphatic heterocycles. The van der Waals surface area contributed by atoms with E-state index in [1.54, 1.807) is 6.08 Å². The van der Waals surface area contributed by atoms with E-state index in [0.29, 0.717) is 19.4 Å². The highest BCUT2D eigenvalue weighted by molar-refractivity contribution is 5.76. The Morgan fingerprint density at radius 3 is 1.09 bits per heavy atom. The minimum absolute atomic E-state index is 0.0203. The van der Waals surface area contributed by atoms with Crippen LogP contribution in [-0.2, 0) is 14.3 Å². The second kappa shape index (κ2) is 57.7.